The van der Waals surface area contributed by atoms with E-state index in [2.05, 4.69) is 0 Å². The third-order valence-corrected chi connectivity index (χ3v) is 2.73. The van der Waals surface area contributed by atoms with Crippen molar-refractivity contribution >= 4 is 45.3 Å². The summed E-state index contributed by atoms with van der Waals surface area (Å²) in [6.07, 6.45) is 0.0290. The third-order valence-electron chi connectivity index (χ3n) is 1.48. The van der Waals surface area contributed by atoms with E-state index >= 15 is 0 Å². The maximum absolute atomic E-state index is 10.7. The molecule has 0 aliphatic carbocycles. The van der Waals surface area contributed by atoms with Gasteiger partial charge in [-0.3, -0.25) is 9.59 Å². The van der Waals surface area contributed by atoms with Gasteiger partial charge in [-0.15, -0.1) is 11.6 Å². The van der Waals surface area contributed by atoms with Gasteiger partial charge < -0.3 is 0 Å². The van der Waals surface area contributed by atoms with Crippen LogP contribution in [0.1, 0.15) is 20.3 Å². The predicted molar refractivity (Wildman–Crippen MR) is 49.8 cm³/mol. The zero-order chi connectivity index (χ0) is 9.94. The van der Waals surface area contributed by atoms with Crippen molar-refractivity contribution in [3.63, 3.8) is 0 Å². The van der Waals surface area contributed by atoms with Crippen LogP contribution in [0.25, 0.3) is 0 Å². The molecule has 70 valence electrons. The molecule has 1 unspecified atom stereocenters. The van der Waals surface area contributed by atoms with Crippen LogP contribution in [-0.4, -0.2) is 15.9 Å². The lowest BCUT2D eigenvalue weighted by Crippen LogP contribution is -2.30. The number of halogens is 3. The molecule has 0 aromatic rings. The molecule has 0 spiro atoms. The molecule has 0 bridgehead atoms. The summed E-state index contributed by atoms with van der Waals surface area (Å²) in [7, 11) is 0. The van der Waals surface area contributed by atoms with Crippen molar-refractivity contribution in [1.82, 2.24) is 0 Å². The minimum atomic E-state index is -0.887. The molecule has 0 aliphatic rings. The molecule has 0 saturated carbocycles. The van der Waals surface area contributed by atoms with Gasteiger partial charge in [-0.25, -0.2) is 0 Å². The van der Waals surface area contributed by atoms with E-state index in [1.165, 1.54) is 0 Å². The van der Waals surface area contributed by atoms with Gasteiger partial charge in [-0.1, -0.05) is 13.8 Å². The largest absolute Gasteiger partial charge is 0.281 e. The molecule has 0 rings (SSSR count). The van der Waals surface area contributed by atoms with Gasteiger partial charge >= 0.3 is 0 Å². The first kappa shape index (κ1) is 12.2. The smallest absolute Gasteiger partial charge is 0.240 e. The van der Waals surface area contributed by atoms with Crippen LogP contribution in [-0.2, 0) is 9.59 Å². The maximum Gasteiger partial charge on any atom is 0.240 e. The molecule has 12 heavy (non-hydrogen) atoms. The summed E-state index contributed by atoms with van der Waals surface area (Å²) >= 11 is 16.0. The highest BCUT2D eigenvalue weighted by molar-refractivity contribution is 6.69. The average molecular weight is 232 g/mol. The molecule has 0 aromatic carbocycles. The zero-order valence-corrected chi connectivity index (χ0v) is 9.00. The van der Waals surface area contributed by atoms with Gasteiger partial charge in [0.25, 0.3) is 0 Å². The Morgan fingerprint density at radius 1 is 1.33 bits per heavy atom. The molecule has 0 radical (unpaired) electrons. The fraction of sp³-hybridized carbons (Fsp3) is 0.714. The fourth-order valence-electron chi connectivity index (χ4n) is 0.755. The quantitative estimate of drug-likeness (QED) is 0.550. The van der Waals surface area contributed by atoms with Gasteiger partial charge in [0.15, 0.2) is 0 Å². The molecule has 2 nitrogen and oxygen atoms in total. The topological polar surface area (TPSA) is 34.1 Å². The van der Waals surface area contributed by atoms with Gasteiger partial charge in [0.05, 0.1) is 0 Å². The van der Waals surface area contributed by atoms with Crippen LogP contribution in [0.2, 0.25) is 0 Å². The normalized spacial score (nSPS) is 14.1. The lowest BCUT2D eigenvalue weighted by Gasteiger charge is -2.25. The Balaban J connectivity index is 4.38. The third kappa shape index (κ3) is 3.74. The van der Waals surface area contributed by atoms with E-state index in [0.29, 0.717) is 0 Å². The first-order valence-corrected chi connectivity index (χ1v) is 4.48. The number of alkyl halides is 1. The molecule has 0 aromatic heterocycles. The molecule has 0 N–H and O–H groups in total. The second-order valence-corrected chi connectivity index (χ2v) is 4.42. The Bertz CT molecular complexity index is 201. The predicted octanol–water partition coefficient (Wildman–Crippen LogP) is 2.54. The second kappa shape index (κ2) is 4.45. The van der Waals surface area contributed by atoms with Gasteiger partial charge in [-0.2, -0.15) is 0 Å². The van der Waals surface area contributed by atoms with Crippen molar-refractivity contribution in [2.45, 2.75) is 25.6 Å². The minimum Gasteiger partial charge on any atom is -0.281 e. The molecule has 0 amide bonds. The first-order valence-electron chi connectivity index (χ1n) is 3.29. The molecule has 5 heteroatoms. The van der Waals surface area contributed by atoms with Crippen LogP contribution in [0.4, 0.5) is 0 Å². The summed E-state index contributed by atoms with van der Waals surface area (Å²) in [6.45, 7) is 3.32. The van der Waals surface area contributed by atoms with Crippen LogP contribution in [0, 0.1) is 5.41 Å². The molecular formula is C7H9Cl3O2. The van der Waals surface area contributed by atoms with E-state index in [0.717, 1.165) is 0 Å². The van der Waals surface area contributed by atoms with Crippen molar-refractivity contribution < 1.29 is 9.59 Å². The summed E-state index contributed by atoms with van der Waals surface area (Å²) in [5.74, 6) is 0. The second-order valence-electron chi connectivity index (χ2n) is 3.19. The maximum atomic E-state index is 10.7. The van der Waals surface area contributed by atoms with Crippen molar-refractivity contribution in [2.75, 3.05) is 0 Å². The zero-order valence-electron chi connectivity index (χ0n) is 6.73. The number of hydrogen-bond acceptors (Lipinski definition) is 2. The van der Waals surface area contributed by atoms with Crippen molar-refractivity contribution in [2.24, 2.45) is 5.41 Å². The molecule has 0 fully saturated rings. The van der Waals surface area contributed by atoms with Crippen LogP contribution in [0.3, 0.4) is 0 Å². The Kier molecular flexibility index (Phi) is 4.53. The van der Waals surface area contributed by atoms with Crippen molar-refractivity contribution in [3.8, 4) is 0 Å². The van der Waals surface area contributed by atoms with Gasteiger partial charge in [0, 0.05) is 6.42 Å². The van der Waals surface area contributed by atoms with E-state index in [4.69, 9.17) is 34.8 Å². The molecule has 0 heterocycles. The lowest BCUT2D eigenvalue weighted by molar-refractivity contribution is -0.115. The van der Waals surface area contributed by atoms with E-state index in [-0.39, 0.29) is 6.42 Å². The van der Waals surface area contributed by atoms with Gasteiger partial charge in [-0.05, 0) is 28.6 Å². The molecule has 1 atom stereocenters. The van der Waals surface area contributed by atoms with Gasteiger partial charge in [0.1, 0.15) is 5.38 Å². The monoisotopic (exact) mass is 230 g/mol. The molecule has 0 saturated heterocycles. The Labute approximate surface area is 86.2 Å². The van der Waals surface area contributed by atoms with Crippen LogP contribution >= 0.6 is 34.8 Å². The average Bonchev–Trinajstić information content (AvgIpc) is 1.82. The fourth-order valence-corrected chi connectivity index (χ4v) is 1.47. The Hall–Kier alpha value is 0.210. The minimum absolute atomic E-state index is 0.0290. The Morgan fingerprint density at radius 2 is 1.75 bits per heavy atom. The number of hydrogen-bond donors (Lipinski definition) is 0. The number of rotatable bonds is 4. The summed E-state index contributed by atoms with van der Waals surface area (Å²) in [5, 5.41) is -2.08. The van der Waals surface area contributed by atoms with Crippen molar-refractivity contribution in [1.29, 1.82) is 0 Å². The lowest BCUT2D eigenvalue weighted by atomic mass is 9.86. The van der Waals surface area contributed by atoms with Crippen molar-refractivity contribution in [3.05, 3.63) is 0 Å². The van der Waals surface area contributed by atoms with E-state index in [9.17, 15) is 9.59 Å². The SMILES string of the molecule is CC(C)(CC(=O)Cl)C(Cl)C(=O)Cl. The first-order chi connectivity index (χ1) is 5.27. The molecule has 0 aliphatic heterocycles. The Morgan fingerprint density at radius 3 is 2.00 bits per heavy atom. The van der Waals surface area contributed by atoms with Crippen LogP contribution in [0.15, 0.2) is 0 Å². The highest BCUT2D eigenvalue weighted by Crippen LogP contribution is 2.31. The summed E-state index contributed by atoms with van der Waals surface area (Å²) in [6, 6.07) is 0. The van der Waals surface area contributed by atoms with E-state index < -0.39 is 21.3 Å². The highest BCUT2D eigenvalue weighted by atomic mass is 35.5. The summed E-state index contributed by atoms with van der Waals surface area (Å²) < 4.78 is 0. The standard InChI is InChI=1S/C7H9Cl3O2/c1-7(2,3-4(8)11)5(9)6(10)12/h5H,3H2,1-2H3. The van der Waals surface area contributed by atoms with Crippen LogP contribution < -0.4 is 0 Å². The van der Waals surface area contributed by atoms with E-state index in [1.54, 1.807) is 13.8 Å². The molecular weight excluding hydrogens is 222 g/mol. The summed E-state index contributed by atoms with van der Waals surface area (Å²) in [5.41, 5.74) is -0.695. The number of carbonyl (C=O) groups excluding carboxylic acids is 2. The van der Waals surface area contributed by atoms with Gasteiger partial charge in [0.2, 0.25) is 10.5 Å². The summed E-state index contributed by atoms with van der Waals surface area (Å²) in [4.78, 5) is 21.2. The number of carbonyl (C=O) groups is 2. The van der Waals surface area contributed by atoms with Crippen LogP contribution in [0.5, 0.6) is 0 Å². The highest BCUT2D eigenvalue weighted by Gasteiger charge is 2.34. The van der Waals surface area contributed by atoms with E-state index in [1.807, 2.05) is 0 Å².